The molecule has 3 rings (SSSR count). The van der Waals surface area contributed by atoms with Crippen molar-refractivity contribution in [3.05, 3.63) is 29.8 Å². The lowest BCUT2D eigenvalue weighted by molar-refractivity contribution is -0.131. The largest absolute Gasteiger partial charge is 0.339 e. The van der Waals surface area contributed by atoms with Crippen LogP contribution in [-0.2, 0) is 15.0 Å². The van der Waals surface area contributed by atoms with Crippen LogP contribution in [0.25, 0.3) is 0 Å². The molecular formula is C19H30N4O3S2. The summed E-state index contributed by atoms with van der Waals surface area (Å²) in [7, 11) is -1.43. The quantitative estimate of drug-likeness (QED) is 0.660. The van der Waals surface area contributed by atoms with Gasteiger partial charge in [0.05, 0.1) is 5.25 Å². The van der Waals surface area contributed by atoms with Gasteiger partial charge in [-0.15, -0.1) is 11.8 Å². The normalized spacial score (nSPS) is 21.6. The summed E-state index contributed by atoms with van der Waals surface area (Å²) >= 11 is 1.55. The lowest BCUT2D eigenvalue weighted by Crippen LogP contribution is -2.57. The van der Waals surface area contributed by atoms with E-state index in [4.69, 9.17) is 0 Å². The van der Waals surface area contributed by atoms with E-state index in [1.54, 1.807) is 21.0 Å². The zero-order valence-electron chi connectivity index (χ0n) is 16.9. The molecule has 7 nitrogen and oxygen atoms in total. The second-order valence-corrected chi connectivity index (χ2v) is 10.9. The van der Waals surface area contributed by atoms with E-state index in [1.165, 1.54) is 9.87 Å². The molecule has 2 aliphatic heterocycles. The Morgan fingerprint density at radius 3 is 1.96 bits per heavy atom. The van der Waals surface area contributed by atoms with Gasteiger partial charge in [0.25, 0.3) is 10.2 Å². The monoisotopic (exact) mass is 426 g/mol. The van der Waals surface area contributed by atoms with Gasteiger partial charge in [0.2, 0.25) is 5.91 Å². The number of carbonyl (C=O) groups excluding carboxylic acids is 1. The Hall–Kier alpha value is -1.13. The third-order valence-electron chi connectivity index (χ3n) is 5.35. The lowest BCUT2D eigenvalue weighted by atomic mass is 10.2. The number of nitrogens with zero attached hydrogens (tertiary/aromatic N) is 4. The second kappa shape index (κ2) is 9.13. The van der Waals surface area contributed by atoms with Crippen molar-refractivity contribution >= 4 is 27.9 Å². The molecule has 2 fully saturated rings. The molecule has 1 aromatic carbocycles. The van der Waals surface area contributed by atoms with Crippen LogP contribution < -0.4 is 0 Å². The summed E-state index contributed by atoms with van der Waals surface area (Å²) in [5.74, 6) is 0.0715. The third-order valence-corrected chi connectivity index (χ3v) is 8.48. The molecule has 9 heteroatoms. The molecule has 156 valence electrons. The zero-order chi connectivity index (χ0) is 20.3. The molecule has 1 unspecified atom stereocenters. The number of benzene rings is 1. The van der Waals surface area contributed by atoms with Crippen molar-refractivity contribution in [3.63, 3.8) is 0 Å². The van der Waals surface area contributed by atoms with Gasteiger partial charge >= 0.3 is 0 Å². The van der Waals surface area contributed by atoms with Gasteiger partial charge in [-0.2, -0.15) is 17.0 Å². The fraction of sp³-hybridized carbons (Fsp3) is 0.632. The van der Waals surface area contributed by atoms with Crippen molar-refractivity contribution in [2.75, 3.05) is 59.4 Å². The van der Waals surface area contributed by atoms with Crippen LogP contribution in [0, 0.1) is 6.92 Å². The van der Waals surface area contributed by atoms with Crippen LogP contribution >= 0.6 is 11.8 Å². The van der Waals surface area contributed by atoms with Crippen LogP contribution in [0.5, 0.6) is 0 Å². The van der Waals surface area contributed by atoms with Gasteiger partial charge in [-0.1, -0.05) is 17.7 Å². The maximum absolute atomic E-state index is 12.9. The highest BCUT2D eigenvalue weighted by molar-refractivity contribution is 8.00. The van der Waals surface area contributed by atoms with Crippen LogP contribution in [-0.4, -0.2) is 97.4 Å². The Kier molecular flexibility index (Phi) is 7.03. The minimum Gasteiger partial charge on any atom is -0.339 e. The first-order valence-corrected chi connectivity index (χ1v) is 12.0. The van der Waals surface area contributed by atoms with Gasteiger partial charge < -0.3 is 9.80 Å². The summed E-state index contributed by atoms with van der Waals surface area (Å²) in [6, 6.07) is 8.15. The summed E-state index contributed by atoms with van der Waals surface area (Å²) in [4.78, 5) is 17.8. The molecule has 0 saturated carbocycles. The molecule has 0 spiro atoms. The van der Waals surface area contributed by atoms with Gasteiger partial charge in [0, 0.05) is 57.3 Å². The number of hydrogen-bond donors (Lipinski definition) is 0. The van der Waals surface area contributed by atoms with Crippen LogP contribution in [0.1, 0.15) is 12.5 Å². The fourth-order valence-electron chi connectivity index (χ4n) is 3.45. The predicted molar refractivity (Wildman–Crippen MR) is 113 cm³/mol. The van der Waals surface area contributed by atoms with Crippen LogP contribution in [0.3, 0.4) is 0 Å². The SMILES string of the molecule is Cc1ccc(SC(C)C(=O)N2CCN(S(=O)(=O)N3CCN(C)CC3)CC2)cc1. The van der Waals surface area contributed by atoms with Crippen molar-refractivity contribution in [3.8, 4) is 0 Å². The minimum atomic E-state index is -3.43. The van der Waals surface area contributed by atoms with E-state index in [1.807, 2.05) is 45.2 Å². The molecule has 0 bridgehead atoms. The van der Waals surface area contributed by atoms with Gasteiger partial charge in [0.1, 0.15) is 0 Å². The third kappa shape index (κ3) is 5.07. The highest BCUT2D eigenvalue weighted by Crippen LogP contribution is 2.25. The molecule has 0 radical (unpaired) electrons. The summed E-state index contributed by atoms with van der Waals surface area (Å²) in [5, 5.41) is -0.191. The molecule has 2 heterocycles. The van der Waals surface area contributed by atoms with Crippen LogP contribution in [0.4, 0.5) is 0 Å². The van der Waals surface area contributed by atoms with E-state index in [0.717, 1.165) is 18.0 Å². The minimum absolute atomic E-state index is 0.0715. The Labute approximate surface area is 172 Å². The Balaban J connectivity index is 1.52. The summed E-state index contributed by atoms with van der Waals surface area (Å²) in [6.45, 7) is 8.15. The number of rotatable bonds is 5. The summed E-state index contributed by atoms with van der Waals surface area (Å²) < 4.78 is 28.8. The lowest BCUT2D eigenvalue weighted by Gasteiger charge is -2.39. The highest BCUT2D eigenvalue weighted by Gasteiger charge is 2.35. The average molecular weight is 427 g/mol. The van der Waals surface area contributed by atoms with Crippen LogP contribution in [0.15, 0.2) is 29.2 Å². The van der Waals surface area contributed by atoms with Gasteiger partial charge in [0.15, 0.2) is 0 Å². The molecule has 1 aromatic rings. The molecule has 0 aliphatic carbocycles. The van der Waals surface area contributed by atoms with E-state index in [9.17, 15) is 13.2 Å². The molecule has 0 aromatic heterocycles. The van der Waals surface area contributed by atoms with E-state index >= 15 is 0 Å². The number of amides is 1. The van der Waals surface area contributed by atoms with Crippen molar-refractivity contribution in [2.45, 2.75) is 24.0 Å². The number of carbonyl (C=O) groups is 1. The second-order valence-electron chi connectivity index (χ2n) is 7.51. The first-order valence-electron chi connectivity index (χ1n) is 9.73. The van der Waals surface area contributed by atoms with E-state index in [2.05, 4.69) is 4.90 Å². The summed E-state index contributed by atoms with van der Waals surface area (Å²) in [5.41, 5.74) is 1.20. The number of piperazine rings is 2. The summed E-state index contributed by atoms with van der Waals surface area (Å²) in [6.07, 6.45) is 0. The maximum atomic E-state index is 12.9. The standard InChI is InChI=1S/C19H30N4O3S2/c1-16-4-6-18(7-5-16)27-17(2)19(24)21-10-14-23(15-11-21)28(25,26)22-12-8-20(3)9-13-22/h4-7,17H,8-15H2,1-3H3. The Morgan fingerprint density at radius 2 is 1.43 bits per heavy atom. The van der Waals surface area contributed by atoms with E-state index in [0.29, 0.717) is 39.3 Å². The number of thioether (sulfide) groups is 1. The Morgan fingerprint density at radius 1 is 0.929 bits per heavy atom. The predicted octanol–water partition coefficient (Wildman–Crippen LogP) is 1.11. The first-order chi connectivity index (χ1) is 13.3. The number of likely N-dealkylation sites (N-methyl/N-ethyl adjacent to an activating group) is 1. The van der Waals surface area contributed by atoms with Crippen molar-refractivity contribution in [2.24, 2.45) is 0 Å². The van der Waals surface area contributed by atoms with Gasteiger partial charge in [-0.25, -0.2) is 0 Å². The molecule has 2 aliphatic rings. The topological polar surface area (TPSA) is 64.2 Å². The van der Waals surface area contributed by atoms with Crippen LogP contribution in [0.2, 0.25) is 0 Å². The van der Waals surface area contributed by atoms with Crippen molar-refractivity contribution in [1.29, 1.82) is 0 Å². The fourth-order valence-corrected chi connectivity index (χ4v) is 5.98. The molecule has 1 amide bonds. The number of aryl methyl sites for hydroxylation is 1. The van der Waals surface area contributed by atoms with Crippen molar-refractivity contribution in [1.82, 2.24) is 18.4 Å². The maximum Gasteiger partial charge on any atom is 0.282 e. The zero-order valence-corrected chi connectivity index (χ0v) is 18.5. The highest BCUT2D eigenvalue weighted by atomic mass is 32.2. The van der Waals surface area contributed by atoms with Gasteiger partial charge in [-0.05, 0) is 33.0 Å². The molecule has 28 heavy (non-hydrogen) atoms. The van der Waals surface area contributed by atoms with E-state index < -0.39 is 10.2 Å². The average Bonchev–Trinajstić information content (AvgIpc) is 2.69. The molecular weight excluding hydrogens is 396 g/mol. The van der Waals surface area contributed by atoms with Gasteiger partial charge in [-0.3, -0.25) is 4.79 Å². The smallest absolute Gasteiger partial charge is 0.282 e. The van der Waals surface area contributed by atoms with Crippen molar-refractivity contribution < 1.29 is 13.2 Å². The molecule has 0 N–H and O–H groups in total. The first kappa shape index (κ1) is 21.6. The Bertz CT molecular complexity index is 769. The van der Waals surface area contributed by atoms with E-state index in [-0.39, 0.29) is 11.2 Å². The number of hydrogen-bond acceptors (Lipinski definition) is 5. The molecule has 1 atom stereocenters. The molecule has 2 saturated heterocycles.